The molecule has 0 spiro atoms. The molecule has 1 heterocycles. The van der Waals surface area contributed by atoms with Gasteiger partial charge in [0.2, 0.25) is 0 Å². The molecule has 0 aliphatic carbocycles. The predicted molar refractivity (Wildman–Crippen MR) is 102 cm³/mol. The number of nitrogens with one attached hydrogen (secondary N) is 2. The number of amides is 1. The molecule has 25 heavy (non-hydrogen) atoms. The van der Waals surface area contributed by atoms with Crippen LogP contribution in [-0.4, -0.2) is 22.0 Å². The van der Waals surface area contributed by atoms with Gasteiger partial charge >= 0.3 is 0 Å². The maximum atomic E-state index is 12.3. The second-order valence-corrected chi connectivity index (χ2v) is 6.51. The maximum Gasteiger partial charge on any atom is 0.261 e. The molecule has 2 aromatic carbocycles. The smallest absolute Gasteiger partial charge is 0.261 e. The second-order valence-electron chi connectivity index (χ2n) is 5.69. The van der Waals surface area contributed by atoms with Crippen LogP contribution in [0.4, 0.5) is 0 Å². The Labute approximate surface area is 154 Å². The Kier molecular flexibility index (Phi) is 5.01. The summed E-state index contributed by atoms with van der Waals surface area (Å²) in [5, 5.41) is 4.05. The van der Waals surface area contributed by atoms with Crippen molar-refractivity contribution in [1.82, 2.24) is 14.9 Å². The number of carbonyl (C=O) groups is 1. The first kappa shape index (κ1) is 17.4. The van der Waals surface area contributed by atoms with Gasteiger partial charge in [-0.2, -0.15) is 0 Å². The van der Waals surface area contributed by atoms with Gasteiger partial charge in [-0.25, -0.2) is 0 Å². The summed E-state index contributed by atoms with van der Waals surface area (Å²) in [5.41, 5.74) is 1.94. The number of nitrogens with zero attached hydrogens (tertiary/aromatic N) is 1. The fourth-order valence-corrected chi connectivity index (χ4v) is 2.84. The number of aromatic amines is 1. The van der Waals surface area contributed by atoms with E-state index in [1.165, 1.54) is 4.57 Å². The van der Waals surface area contributed by atoms with Crippen molar-refractivity contribution < 1.29 is 4.79 Å². The molecule has 3 rings (SSSR count). The van der Waals surface area contributed by atoms with E-state index in [4.69, 9.17) is 23.8 Å². The van der Waals surface area contributed by atoms with E-state index in [0.717, 1.165) is 5.56 Å². The fourth-order valence-electron chi connectivity index (χ4n) is 2.52. The van der Waals surface area contributed by atoms with Gasteiger partial charge in [-0.05, 0) is 54.5 Å². The number of H-pyrrole nitrogens is 1. The van der Waals surface area contributed by atoms with Gasteiger partial charge in [-0.3, -0.25) is 14.2 Å². The Hall–Kier alpha value is -2.44. The van der Waals surface area contributed by atoms with E-state index in [9.17, 15) is 9.59 Å². The van der Waals surface area contributed by atoms with Crippen molar-refractivity contribution in [3.63, 3.8) is 0 Å². The summed E-state index contributed by atoms with van der Waals surface area (Å²) in [6.45, 7) is 0.505. The van der Waals surface area contributed by atoms with Crippen LogP contribution in [0.15, 0.2) is 47.3 Å². The standard InChI is InChI=1S/C18H16ClN3O2S/c1-22-17(24)14-7-4-12(10-15(14)21-18(22)25)16(23)20-9-8-11-2-5-13(19)6-3-11/h2-7,10H,8-9H2,1H3,(H,20,23)(H,21,25). The average molecular weight is 374 g/mol. The minimum atomic E-state index is -0.198. The van der Waals surface area contributed by atoms with E-state index in [0.29, 0.717) is 39.2 Å². The summed E-state index contributed by atoms with van der Waals surface area (Å²) in [5.74, 6) is -0.198. The van der Waals surface area contributed by atoms with Crippen LogP contribution in [0, 0.1) is 4.77 Å². The van der Waals surface area contributed by atoms with Crippen molar-refractivity contribution in [1.29, 1.82) is 0 Å². The van der Waals surface area contributed by atoms with Crippen molar-refractivity contribution in [2.45, 2.75) is 6.42 Å². The molecule has 2 N–H and O–H groups in total. The van der Waals surface area contributed by atoms with Crippen LogP contribution < -0.4 is 10.9 Å². The maximum absolute atomic E-state index is 12.3. The summed E-state index contributed by atoms with van der Waals surface area (Å²) in [7, 11) is 1.61. The third-order valence-electron chi connectivity index (χ3n) is 3.98. The molecular weight excluding hydrogens is 358 g/mol. The molecule has 1 amide bonds. The summed E-state index contributed by atoms with van der Waals surface area (Å²) in [6, 6.07) is 12.4. The SMILES string of the molecule is Cn1c(=S)[nH]c2cc(C(=O)NCCc3ccc(Cl)cc3)ccc2c1=O. The van der Waals surface area contributed by atoms with Gasteiger partial charge in [-0.1, -0.05) is 23.7 Å². The molecule has 128 valence electrons. The van der Waals surface area contributed by atoms with Gasteiger partial charge < -0.3 is 10.3 Å². The summed E-state index contributed by atoms with van der Waals surface area (Å²) in [4.78, 5) is 27.4. The van der Waals surface area contributed by atoms with Gasteiger partial charge in [0.25, 0.3) is 11.5 Å². The number of carbonyl (C=O) groups excluding carboxylic acids is 1. The highest BCUT2D eigenvalue weighted by atomic mass is 35.5. The Bertz CT molecular complexity index is 1050. The highest BCUT2D eigenvalue weighted by Crippen LogP contribution is 2.11. The lowest BCUT2D eigenvalue weighted by atomic mass is 10.1. The zero-order chi connectivity index (χ0) is 18.0. The van der Waals surface area contributed by atoms with Gasteiger partial charge in [0.05, 0.1) is 10.9 Å². The molecule has 0 saturated heterocycles. The molecular formula is C18H16ClN3O2S. The highest BCUT2D eigenvalue weighted by Gasteiger charge is 2.09. The van der Waals surface area contributed by atoms with Gasteiger partial charge in [0.1, 0.15) is 0 Å². The molecule has 0 unspecified atom stereocenters. The van der Waals surface area contributed by atoms with Gasteiger partial charge in [0.15, 0.2) is 4.77 Å². The number of benzene rings is 2. The van der Waals surface area contributed by atoms with Crippen LogP contribution in [0.5, 0.6) is 0 Å². The lowest BCUT2D eigenvalue weighted by molar-refractivity contribution is 0.0954. The number of aromatic nitrogens is 2. The highest BCUT2D eigenvalue weighted by molar-refractivity contribution is 7.71. The molecule has 0 atom stereocenters. The number of rotatable bonds is 4. The molecule has 0 radical (unpaired) electrons. The second kappa shape index (κ2) is 7.21. The van der Waals surface area contributed by atoms with Crippen LogP contribution in [0.25, 0.3) is 10.9 Å². The average Bonchev–Trinajstić information content (AvgIpc) is 2.61. The van der Waals surface area contributed by atoms with Gasteiger partial charge in [-0.15, -0.1) is 0 Å². The molecule has 0 bridgehead atoms. The van der Waals surface area contributed by atoms with Crippen LogP contribution in [0.1, 0.15) is 15.9 Å². The Morgan fingerprint density at radius 2 is 1.96 bits per heavy atom. The first-order valence-electron chi connectivity index (χ1n) is 7.71. The number of halogens is 1. The Morgan fingerprint density at radius 1 is 1.24 bits per heavy atom. The van der Waals surface area contributed by atoms with Crippen molar-refractivity contribution in [3.8, 4) is 0 Å². The molecule has 5 nitrogen and oxygen atoms in total. The number of fused-ring (bicyclic) bond motifs is 1. The molecule has 0 saturated carbocycles. The zero-order valence-electron chi connectivity index (χ0n) is 13.5. The molecule has 7 heteroatoms. The molecule has 0 aliphatic heterocycles. The lowest BCUT2D eigenvalue weighted by Crippen LogP contribution is -2.26. The first-order valence-corrected chi connectivity index (χ1v) is 8.50. The first-order chi connectivity index (χ1) is 12.0. The zero-order valence-corrected chi connectivity index (χ0v) is 15.1. The van der Waals surface area contributed by atoms with E-state index in [1.807, 2.05) is 24.3 Å². The van der Waals surface area contributed by atoms with Crippen LogP contribution in [0.2, 0.25) is 5.02 Å². The quantitative estimate of drug-likeness (QED) is 0.690. The number of hydrogen-bond acceptors (Lipinski definition) is 3. The summed E-state index contributed by atoms with van der Waals surface area (Å²) in [6.07, 6.45) is 0.708. The van der Waals surface area contributed by atoms with Crippen molar-refractivity contribution in [3.05, 3.63) is 73.7 Å². The predicted octanol–water partition coefficient (Wildman–Crippen LogP) is 3.22. The van der Waals surface area contributed by atoms with Crippen LogP contribution in [-0.2, 0) is 13.5 Å². The fraction of sp³-hybridized carbons (Fsp3) is 0.167. The Balaban J connectivity index is 1.74. The summed E-state index contributed by atoms with van der Waals surface area (Å²) >= 11 is 11.0. The Morgan fingerprint density at radius 3 is 2.68 bits per heavy atom. The molecule has 0 fully saturated rings. The van der Waals surface area contributed by atoms with Gasteiger partial charge in [0, 0.05) is 24.2 Å². The molecule has 0 aliphatic rings. The lowest BCUT2D eigenvalue weighted by Gasteiger charge is -2.07. The minimum Gasteiger partial charge on any atom is -0.352 e. The van der Waals surface area contributed by atoms with E-state index >= 15 is 0 Å². The molecule has 1 aromatic heterocycles. The van der Waals surface area contributed by atoms with Crippen LogP contribution in [0.3, 0.4) is 0 Å². The normalized spacial score (nSPS) is 10.8. The van der Waals surface area contributed by atoms with Crippen molar-refractivity contribution in [2.75, 3.05) is 6.54 Å². The third kappa shape index (κ3) is 3.81. The minimum absolute atomic E-state index is 0.187. The monoisotopic (exact) mass is 373 g/mol. The number of hydrogen-bond donors (Lipinski definition) is 2. The van der Waals surface area contributed by atoms with E-state index in [1.54, 1.807) is 25.2 Å². The van der Waals surface area contributed by atoms with Crippen molar-refractivity contribution >= 4 is 40.6 Å². The van der Waals surface area contributed by atoms with Crippen LogP contribution >= 0.6 is 23.8 Å². The van der Waals surface area contributed by atoms with E-state index < -0.39 is 0 Å². The third-order valence-corrected chi connectivity index (χ3v) is 4.60. The largest absolute Gasteiger partial charge is 0.352 e. The van der Waals surface area contributed by atoms with E-state index in [-0.39, 0.29) is 11.5 Å². The molecule has 3 aromatic rings. The van der Waals surface area contributed by atoms with Crippen molar-refractivity contribution in [2.24, 2.45) is 7.05 Å². The summed E-state index contributed by atoms with van der Waals surface area (Å²) < 4.78 is 1.68. The van der Waals surface area contributed by atoms with E-state index in [2.05, 4.69) is 10.3 Å². The topological polar surface area (TPSA) is 66.9 Å².